The topological polar surface area (TPSA) is 85.4 Å². The van der Waals surface area contributed by atoms with Gasteiger partial charge in [0.2, 0.25) is 0 Å². The van der Waals surface area contributed by atoms with Crippen molar-refractivity contribution in [3.8, 4) is 0 Å². The molecule has 0 saturated carbocycles. The normalized spacial score (nSPS) is 10.4. The lowest BCUT2D eigenvalue weighted by atomic mass is 10.3. The lowest BCUT2D eigenvalue weighted by molar-refractivity contribution is -0.0914. The van der Waals surface area contributed by atoms with Crippen molar-refractivity contribution >= 4 is 11.7 Å². The Hall–Kier alpha value is -1.73. The summed E-state index contributed by atoms with van der Waals surface area (Å²) in [5, 5.41) is 13.1. The van der Waals surface area contributed by atoms with Crippen molar-refractivity contribution in [2.45, 2.75) is 6.29 Å². The van der Waals surface area contributed by atoms with Crippen molar-refractivity contribution in [2.75, 3.05) is 33.1 Å². The molecule has 0 atom stereocenters. The molecule has 1 heterocycles. The number of hydrogen-bond donors (Lipinski definition) is 2. The van der Waals surface area contributed by atoms with Gasteiger partial charge in [0.1, 0.15) is 5.82 Å². The monoisotopic (exact) mass is 240 g/mol. The van der Waals surface area contributed by atoms with Crippen molar-refractivity contribution in [1.82, 2.24) is 15.5 Å². The average molecular weight is 240 g/mol. The maximum absolute atomic E-state index is 11.2. The van der Waals surface area contributed by atoms with E-state index in [-0.39, 0.29) is 17.9 Å². The van der Waals surface area contributed by atoms with Crippen LogP contribution in [0.3, 0.4) is 0 Å². The third-order valence-electron chi connectivity index (χ3n) is 2.10. The van der Waals surface area contributed by atoms with E-state index < -0.39 is 0 Å². The average Bonchev–Trinajstić information content (AvgIpc) is 2.39. The second-order valence-corrected chi connectivity index (χ2v) is 3.16. The highest BCUT2D eigenvalue weighted by Crippen LogP contribution is 2.02. The minimum Gasteiger partial charge on any atom is -0.363 e. The first kappa shape index (κ1) is 13.3. The Balaban J connectivity index is 2.53. The molecule has 1 amide bonds. The third-order valence-corrected chi connectivity index (χ3v) is 2.10. The second kappa shape index (κ2) is 6.77. The fourth-order valence-electron chi connectivity index (χ4n) is 1.13. The van der Waals surface area contributed by atoms with Gasteiger partial charge in [-0.15, -0.1) is 10.2 Å². The summed E-state index contributed by atoms with van der Waals surface area (Å²) in [5.74, 6) is 0.285. The van der Waals surface area contributed by atoms with E-state index in [0.717, 1.165) is 0 Å². The van der Waals surface area contributed by atoms with Crippen LogP contribution in [0.15, 0.2) is 12.1 Å². The van der Waals surface area contributed by atoms with Crippen molar-refractivity contribution in [3.05, 3.63) is 17.8 Å². The summed E-state index contributed by atoms with van der Waals surface area (Å²) < 4.78 is 10.0. The molecule has 0 fully saturated rings. The zero-order valence-corrected chi connectivity index (χ0v) is 10.1. The molecule has 7 heteroatoms. The zero-order valence-electron chi connectivity index (χ0n) is 10.1. The van der Waals surface area contributed by atoms with E-state index in [2.05, 4.69) is 20.8 Å². The molecule has 0 radical (unpaired) electrons. The molecule has 2 N–H and O–H groups in total. The standard InChI is InChI=1S/C10H16N4O3/c1-11-10(15)7-4-5-8(14-13-7)12-6-9(16-2)17-3/h4-5,9H,6H2,1-3H3,(H,11,15)(H,12,14). The Morgan fingerprint density at radius 1 is 1.35 bits per heavy atom. The van der Waals surface area contributed by atoms with Crippen LogP contribution in [0.2, 0.25) is 0 Å². The van der Waals surface area contributed by atoms with E-state index >= 15 is 0 Å². The first-order valence-electron chi connectivity index (χ1n) is 5.06. The second-order valence-electron chi connectivity index (χ2n) is 3.16. The molecule has 0 aromatic carbocycles. The summed E-state index contributed by atoms with van der Waals surface area (Å²) in [5.41, 5.74) is 0.271. The quantitative estimate of drug-likeness (QED) is 0.674. The number of carbonyl (C=O) groups is 1. The van der Waals surface area contributed by atoms with Crippen molar-refractivity contribution in [3.63, 3.8) is 0 Å². The Kier molecular flexibility index (Phi) is 5.31. The fraction of sp³-hybridized carbons (Fsp3) is 0.500. The SMILES string of the molecule is CNC(=O)c1ccc(NCC(OC)OC)nn1. The number of rotatable bonds is 6. The Bertz CT molecular complexity index is 351. The summed E-state index contributed by atoms with van der Waals surface area (Å²) in [6.45, 7) is 0.445. The van der Waals surface area contributed by atoms with E-state index in [9.17, 15) is 4.79 Å². The first-order chi connectivity index (χ1) is 8.21. The van der Waals surface area contributed by atoms with Crippen LogP contribution in [-0.2, 0) is 9.47 Å². The van der Waals surface area contributed by atoms with Gasteiger partial charge in [-0.3, -0.25) is 4.79 Å². The maximum Gasteiger partial charge on any atom is 0.271 e. The first-order valence-corrected chi connectivity index (χ1v) is 5.06. The summed E-state index contributed by atoms with van der Waals surface area (Å²) in [4.78, 5) is 11.2. The van der Waals surface area contributed by atoms with Gasteiger partial charge in [0.15, 0.2) is 12.0 Å². The molecule has 17 heavy (non-hydrogen) atoms. The van der Waals surface area contributed by atoms with Gasteiger partial charge < -0.3 is 20.1 Å². The van der Waals surface area contributed by atoms with Gasteiger partial charge in [0.05, 0.1) is 6.54 Å². The molecule has 0 bridgehead atoms. The molecule has 94 valence electrons. The van der Waals surface area contributed by atoms with E-state index in [1.807, 2.05) is 0 Å². The molecule has 0 aliphatic heterocycles. The summed E-state index contributed by atoms with van der Waals surface area (Å²) in [6, 6.07) is 3.25. The van der Waals surface area contributed by atoms with Crippen LogP contribution in [0, 0.1) is 0 Å². The predicted octanol–water partition coefficient (Wildman–Crippen LogP) is -0.133. The summed E-state index contributed by atoms with van der Waals surface area (Å²) in [7, 11) is 4.64. The third kappa shape index (κ3) is 3.97. The minimum atomic E-state index is -0.351. The maximum atomic E-state index is 11.2. The van der Waals surface area contributed by atoms with Crippen molar-refractivity contribution < 1.29 is 14.3 Å². The van der Waals surface area contributed by atoms with Crippen LogP contribution >= 0.6 is 0 Å². The number of ether oxygens (including phenoxy) is 2. The van der Waals surface area contributed by atoms with Crippen LogP contribution in [0.1, 0.15) is 10.5 Å². The van der Waals surface area contributed by atoms with Gasteiger partial charge in [-0.1, -0.05) is 0 Å². The fourth-order valence-corrected chi connectivity index (χ4v) is 1.13. The Morgan fingerprint density at radius 3 is 2.53 bits per heavy atom. The number of anilines is 1. The van der Waals surface area contributed by atoms with Crippen LogP contribution in [0.4, 0.5) is 5.82 Å². The number of amides is 1. The number of nitrogens with one attached hydrogen (secondary N) is 2. The van der Waals surface area contributed by atoms with Gasteiger partial charge >= 0.3 is 0 Å². The van der Waals surface area contributed by atoms with Gasteiger partial charge in [-0.25, -0.2) is 0 Å². The Morgan fingerprint density at radius 2 is 2.06 bits per heavy atom. The number of hydrogen-bond acceptors (Lipinski definition) is 6. The molecule has 1 aromatic heterocycles. The largest absolute Gasteiger partial charge is 0.363 e. The molecule has 0 unspecified atom stereocenters. The molecule has 0 saturated heterocycles. The zero-order chi connectivity index (χ0) is 12.7. The highest BCUT2D eigenvalue weighted by atomic mass is 16.7. The number of nitrogens with zero attached hydrogens (tertiary/aromatic N) is 2. The van der Waals surface area contributed by atoms with Gasteiger partial charge in [-0.2, -0.15) is 0 Å². The highest BCUT2D eigenvalue weighted by Gasteiger charge is 2.07. The van der Waals surface area contributed by atoms with Crippen LogP contribution in [-0.4, -0.2) is 50.2 Å². The minimum absolute atomic E-state index is 0.268. The lowest BCUT2D eigenvalue weighted by Crippen LogP contribution is -2.24. The molecule has 1 rings (SSSR count). The highest BCUT2D eigenvalue weighted by molar-refractivity contribution is 5.91. The summed E-state index contributed by atoms with van der Waals surface area (Å²) in [6.07, 6.45) is -0.351. The number of methoxy groups -OCH3 is 2. The predicted molar refractivity (Wildman–Crippen MR) is 61.7 cm³/mol. The van der Waals surface area contributed by atoms with Gasteiger partial charge in [0.25, 0.3) is 5.91 Å². The van der Waals surface area contributed by atoms with E-state index in [1.54, 1.807) is 26.4 Å². The molecule has 7 nitrogen and oxygen atoms in total. The molecule has 0 spiro atoms. The molecule has 0 aliphatic carbocycles. The van der Waals surface area contributed by atoms with Crippen molar-refractivity contribution in [2.24, 2.45) is 0 Å². The van der Waals surface area contributed by atoms with Crippen LogP contribution in [0.5, 0.6) is 0 Å². The van der Waals surface area contributed by atoms with E-state index in [1.165, 1.54) is 7.05 Å². The van der Waals surface area contributed by atoms with Crippen molar-refractivity contribution in [1.29, 1.82) is 0 Å². The molecular formula is C10H16N4O3. The van der Waals surface area contributed by atoms with E-state index in [4.69, 9.17) is 9.47 Å². The smallest absolute Gasteiger partial charge is 0.271 e. The van der Waals surface area contributed by atoms with E-state index in [0.29, 0.717) is 12.4 Å². The van der Waals surface area contributed by atoms with Gasteiger partial charge in [0, 0.05) is 21.3 Å². The number of carbonyl (C=O) groups excluding carboxylic acids is 1. The molecule has 0 aliphatic rings. The van der Waals surface area contributed by atoms with Crippen LogP contribution in [0.25, 0.3) is 0 Å². The Labute approximate surface area is 99.5 Å². The van der Waals surface area contributed by atoms with Crippen LogP contribution < -0.4 is 10.6 Å². The van der Waals surface area contributed by atoms with Gasteiger partial charge in [-0.05, 0) is 12.1 Å². The number of aromatic nitrogens is 2. The molecule has 1 aromatic rings. The molecular weight excluding hydrogens is 224 g/mol. The summed E-state index contributed by atoms with van der Waals surface area (Å²) >= 11 is 0. The lowest BCUT2D eigenvalue weighted by Gasteiger charge is -2.13.